The van der Waals surface area contributed by atoms with Gasteiger partial charge in [-0.25, -0.2) is 0 Å². The summed E-state index contributed by atoms with van der Waals surface area (Å²) in [7, 11) is 0. The fourth-order valence-corrected chi connectivity index (χ4v) is 0.739. The molecule has 0 spiro atoms. The SMILES string of the molecule is Cc1cc(O)c(C)c(=O)[nH]1. The highest BCUT2D eigenvalue weighted by molar-refractivity contribution is 5.29. The van der Waals surface area contributed by atoms with Gasteiger partial charge in [-0.3, -0.25) is 4.79 Å². The van der Waals surface area contributed by atoms with E-state index in [1.165, 1.54) is 6.07 Å². The summed E-state index contributed by atoms with van der Waals surface area (Å²) < 4.78 is 0. The van der Waals surface area contributed by atoms with Gasteiger partial charge >= 0.3 is 0 Å². The maximum absolute atomic E-state index is 10.8. The Balaban J connectivity index is 3.46. The Morgan fingerprint density at radius 1 is 1.50 bits per heavy atom. The number of nitrogens with one attached hydrogen (secondary N) is 1. The summed E-state index contributed by atoms with van der Waals surface area (Å²) in [5.74, 6) is 0.0567. The van der Waals surface area contributed by atoms with Crippen LogP contribution in [0.15, 0.2) is 10.9 Å². The highest BCUT2D eigenvalue weighted by Gasteiger charge is 1.99. The van der Waals surface area contributed by atoms with Crippen LogP contribution >= 0.6 is 0 Å². The Morgan fingerprint density at radius 3 is 2.60 bits per heavy atom. The van der Waals surface area contributed by atoms with E-state index >= 15 is 0 Å². The molecule has 3 heteroatoms. The zero-order valence-electron chi connectivity index (χ0n) is 5.93. The molecule has 0 aliphatic heterocycles. The van der Waals surface area contributed by atoms with Gasteiger partial charge in [0.2, 0.25) is 0 Å². The van der Waals surface area contributed by atoms with E-state index < -0.39 is 0 Å². The minimum Gasteiger partial charge on any atom is -0.507 e. The molecule has 1 aromatic rings. The van der Waals surface area contributed by atoms with Gasteiger partial charge in [0.25, 0.3) is 5.56 Å². The Kier molecular flexibility index (Phi) is 1.49. The number of aryl methyl sites for hydroxylation is 1. The first-order valence-electron chi connectivity index (χ1n) is 3.01. The third-order valence-electron chi connectivity index (χ3n) is 1.39. The third kappa shape index (κ3) is 1.03. The molecule has 10 heavy (non-hydrogen) atoms. The normalized spacial score (nSPS) is 9.80. The molecular weight excluding hydrogens is 130 g/mol. The number of H-pyrrole nitrogens is 1. The van der Waals surface area contributed by atoms with Crippen molar-refractivity contribution in [2.45, 2.75) is 13.8 Å². The molecule has 1 aromatic heterocycles. The van der Waals surface area contributed by atoms with E-state index in [4.69, 9.17) is 5.11 Å². The van der Waals surface area contributed by atoms with Gasteiger partial charge in [-0.05, 0) is 19.9 Å². The van der Waals surface area contributed by atoms with E-state index in [2.05, 4.69) is 4.98 Å². The van der Waals surface area contributed by atoms with Crippen molar-refractivity contribution in [3.63, 3.8) is 0 Å². The van der Waals surface area contributed by atoms with E-state index in [-0.39, 0.29) is 11.3 Å². The second-order valence-corrected chi connectivity index (χ2v) is 2.29. The number of pyridine rings is 1. The second-order valence-electron chi connectivity index (χ2n) is 2.29. The van der Waals surface area contributed by atoms with Gasteiger partial charge in [0.15, 0.2) is 0 Å². The third-order valence-corrected chi connectivity index (χ3v) is 1.39. The van der Waals surface area contributed by atoms with Gasteiger partial charge in [-0.2, -0.15) is 0 Å². The summed E-state index contributed by atoms with van der Waals surface area (Å²) in [5, 5.41) is 9.06. The van der Waals surface area contributed by atoms with Crippen molar-refractivity contribution in [2.75, 3.05) is 0 Å². The average Bonchev–Trinajstić information content (AvgIpc) is 1.82. The lowest BCUT2D eigenvalue weighted by molar-refractivity contribution is 0.468. The molecule has 0 aromatic carbocycles. The van der Waals surface area contributed by atoms with Crippen LogP contribution in [0.4, 0.5) is 0 Å². The topological polar surface area (TPSA) is 53.1 Å². The number of aromatic nitrogens is 1. The Labute approximate surface area is 58.3 Å². The second kappa shape index (κ2) is 2.17. The molecule has 2 N–H and O–H groups in total. The van der Waals surface area contributed by atoms with Gasteiger partial charge in [0.1, 0.15) is 5.75 Å². The van der Waals surface area contributed by atoms with E-state index in [1.807, 2.05) is 0 Å². The highest BCUT2D eigenvalue weighted by Crippen LogP contribution is 2.09. The monoisotopic (exact) mass is 139 g/mol. The summed E-state index contributed by atoms with van der Waals surface area (Å²) in [6.45, 7) is 3.30. The first-order valence-corrected chi connectivity index (χ1v) is 3.01. The number of hydrogen-bond acceptors (Lipinski definition) is 2. The molecule has 0 atom stereocenters. The van der Waals surface area contributed by atoms with E-state index in [0.717, 1.165) is 0 Å². The van der Waals surface area contributed by atoms with Crippen LogP contribution in [0, 0.1) is 13.8 Å². The maximum Gasteiger partial charge on any atom is 0.254 e. The molecule has 0 aliphatic rings. The summed E-state index contributed by atoms with van der Waals surface area (Å²) in [5.41, 5.74) is 0.816. The quantitative estimate of drug-likeness (QED) is 0.555. The first-order chi connectivity index (χ1) is 4.61. The lowest BCUT2D eigenvalue weighted by atomic mass is 10.2. The van der Waals surface area contributed by atoms with Gasteiger partial charge in [0.05, 0.1) is 5.56 Å². The fourth-order valence-electron chi connectivity index (χ4n) is 0.739. The number of aromatic amines is 1. The van der Waals surface area contributed by atoms with Gasteiger partial charge in [-0.15, -0.1) is 0 Å². The van der Waals surface area contributed by atoms with Crippen molar-refractivity contribution in [1.29, 1.82) is 0 Å². The largest absolute Gasteiger partial charge is 0.507 e. The van der Waals surface area contributed by atoms with Crippen LogP contribution in [-0.4, -0.2) is 10.1 Å². The molecule has 0 saturated heterocycles. The lowest BCUT2D eigenvalue weighted by Gasteiger charge is -1.97. The molecule has 1 rings (SSSR count). The fraction of sp³-hybridized carbons (Fsp3) is 0.286. The molecule has 0 saturated carbocycles. The molecular formula is C7H9NO2. The molecule has 0 fully saturated rings. The summed E-state index contributed by atoms with van der Waals surface area (Å²) >= 11 is 0. The summed E-state index contributed by atoms with van der Waals surface area (Å²) in [4.78, 5) is 13.4. The molecule has 0 amide bonds. The van der Waals surface area contributed by atoms with E-state index in [0.29, 0.717) is 11.3 Å². The van der Waals surface area contributed by atoms with E-state index in [9.17, 15) is 4.79 Å². The zero-order chi connectivity index (χ0) is 7.72. The lowest BCUT2D eigenvalue weighted by Crippen LogP contribution is -2.09. The molecule has 0 radical (unpaired) electrons. The van der Waals surface area contributed by atoms with Crippen molar-refractivity contribution in [2.24, 2.45) is 0 Å². The Bertz CT molecular complexity index is 301. The van der Waals surface area contributed by atoms with Crippen molar-refractivity contribution in [1.82, 2.24) is 4.98 Å². The minimum atomic E-state index is -0.225. The van der Waals surface area contributed by atoms with Crippen LogP contribution in [-0.2, 0) is 0 Å². The van der Waals surface area contributed by atoms with Crippen LogP contribution in [0.1, 0.15) is 11.3 Å². The molecule has 1 heterocycles. The Hall–Kier alpha value is -1.25. The minimum absolute atomic E-state index is 0.0567. The predicted octanol–water partition coefficient (Wildman–Crippen LogP) is 0.697. The zero-order valence-corrected chi connectivity index (χ0v) is 5.93. The molecule has 54 valence electrons. The van der Waals surface area contributed by atoms with E-state index in [1.54, 1.807) is 13.8 Å². The van der Waals surface area contributed by atoms with Crippen molar-refractivity contribution >= 4 is 0 Å². The standard InChI is InChI=1S/C7H9NO2/c1-4-3-6(9)5(2)7(10)8-4/h3H,1-2H3,(H2,8,9,10). The van der Waals surface area contributed by atoms with Crippen LogP contribution in [0.25, 0.3) is 0 Å². The molecule has 0 unspecified atom stereocenters. The smallest absolute Gasteiger partial charge is 0.254 e. The van der Waals surface area contributed by atoms with Crippen LogP contribution in [0.5, 0.6) is 5.75 Å². The highest BCUT2D eigenvalue weighted by atomic mass is 16.3. The molecule has 0 aliphatic carbocycles. The molecule has 0 bridgehead atoms. The van der Waals surface area contributed by atoms with Crippen molar-refractivity contribution in [3.8, 4) is 5.75 Å². The van der Waals surface area contributed by atoms with Crippen molar-refractivity contribution in [3.05, 3.63) is 27.7 Å². The van der Waals surface area contributed by atoms with Crippen LogP contribution < -0.4 is 5.56 Å². The molecule has 3 nitrogen and oxygen atoms in total. The number of hydrogen-bond donors (Lipinski definition) is 2. The Morgan fingerprint density at radius 2 is 2.10 bits per heavy atom. The number of aromatic hydroxyl groups is 1. The van der Waals surface area contributed by atoms with Gasteiger partial charge in [0, 0.05) is 5.69 Å². The maximum atomic E-state index is 10.8. The number of rotatable bonds is 0. The summed E-state index contributed by atoms with van der Waals surface area (Å²) in [6.07, 6.45) is 0. The van der Waals surface area contributed by atoms with Gasteiger partial charge < -0.3 is 10.1 Å². The van der Waals surface area contributed by atoms with Gasteiger partial charge in [-0.1, -0.05) is 0 Å². The average molecular weight is 139 g/mol. The van der Waals surface area contributed by atoms with Crippen LogP contribution in [0.2, 0.25) is 0 Å². The van der Waals surface area contributed by atoms with Crippen LogP contribution in [0.3, 0.4) is 0 Å². The first kappa shape index (κ1) is 6.86. The summed E-state index contributed by atoms with van der Waals surface area (Å²) in [6, 6.07) is 1.52. The predicted molar refractivity (Wildman–Crippen MR) is 38.2 cm³/mol. The van der Waals surface area contributed by atoms with Crippen molar-refractivity contribution < 1.29 is 5.11 Å².